The van der Waals surface area contributed by atoms with E-state index in [0.717, 1.165) is 0 Å². The zero-order chi connectivity index (χ0) is 3.41. The summed E-state index contributed by atoms with van der Waals surface area (Å²) in [7, 11) is 0. The van der Waals surface area contributed by atoms with Gasteiger partial charge in [0.05, 0.1) is 0 Å². The van der Waals surface area contributed by atoms with Gasteiger partial charge >= 0.3 is 41.5 Å². The Bertz CT molecular complexity index is 18.5. The van der Waals surface area contributed by atoms with Crippen molar-refractivity contribution >= 4 is 0 Å². The van der Waals surface area contributed by atoms with Gasteiger partial charge in [0, 0.05) is 0 Å². The molecule has 4 heavy (non-hydrogen) atoms. The Kier molecular flexibility index (Phi) is 4.19. The molecule has 0 saturated carbocycles. The monoisotopic (exact) mass is 131 g/mol. The van der Waals surface area contributed by atoms with Crippen molar-refractivity contribution in [1.82, 2.24) is 0 Å². The molecule has 21 valence electrons. The zero-order valence-electron chi connectivity index (χ0n) is 2.65. The molecule has 0 rings (SSSR count). The van der Waals surface area contributed by atoms with E-state index >= 15 is 0 Å². The van der Waals surface area contributed by atoms with Crippen LogP contribution in [0.3, 0.4) is 0 Å². The first-order valence-corrected chi connectivity index (χ1v) is 2.62. The fourth-order valence-corrected chi connectivity index (χ4v) is 0. The Labute approximate surface area is 41.7 Å². The van der Waals surface area contributed by atoms with Crippen molar-refractivity contribution in [2.75, 3.05) is 0 Å². The Balaban J connectivity index is 2.55. The minimum atomic E-state index is 1.49. The molecule has 0 fully saturated rings. The molecule has 0 aromatic heterocycles. The van der Waals surface area contributed by atoms with Gasteiger partial charge in [-0.25, -0.2) is 0 Å². The van der Waals surface area contributed by atoms with Gasteiger partial charge in [-0.1, -0.05) is 0 Å². The third-order valence-corrected chi connectivity index (χ3v) is 0.986. The van der Waals surface area contributed by atoms with E-state index in [1.54, 1.807) is 0 Å². The molecule has 0 bridgehead atoms. The van der Waals surface area contributed by atoms with Gasteiger partial charge < -0.3 is 0 Å². The molecular weight excluding hydrogens is 127 g/mol. The molecular formula is C3H5Zr. The maximum atomic E-state index is 2.09. The van der Waals surface area contributed by atoms with Crippen LogP contribution in [0.5, 0.6) is 0 Å². The van der Waals surface area contributed by atoms with Crippen molar-refractivity contribution in [3.8, 4) is 0 Å². The molecule has 0 saturated heterocycles. The van der Waals surface area contributed by atoms with E-state index in [4.69, 9.17) is 0 Å². The Hall–Kier alpha value is 0.623. The van der Waals surface area contributed by atoms with Crippen molar-refractivity contribution in [1.29, 1.82) is 0 Å². The topological polar surface area (TPSA) is 0 Å². The molecule has 0 radical (unpaired) electrons. The average molecular weight is 132 g/mol. The SMILES string of the molecule is C/C=[CH]\[Zr]. The van der Waals surface area contributed by atoms with E-state index in [-0.39, 0.29) is 0 Å². The summed E-state index contributed by atoms with van der Waals surface area (Å²) in [5, 5.41) is 0. The second kappa shape index (κ2) is 3.62. The number of hydrogen-bond acceptors (Lipinski definition) is 0. The van der Waals surface area contributed by atoms with E-state index in [9.17, 15) is 0 Å². The van der Waals surface area contributed by atoms with Crippen molar-refractivity contribution in [2.24, 2.45) is 0 Å². The summed E-state index contributed by atoms with van der Waals surface area (Å²) in [6, 6.07) is 0. The standard InChI is InChI=1S/C3H5.Zr/c1-3-2;/h1,3H,2H3;. The van der Waals surface area contributed by atoms with E-state index < -0.39 is 0 Å². The van der Waals surface area contributed by atoms with Crippen molar-refractivity contribution in [3.05, 3.63) is 9.86 Å². The molecule has 0 N–H and O–H groups in total. The van der Waals surface area contributed by atoms with Gasteiger partial charge in [-0.05, 0) is 0 Å². The van der Waals surface area contributed by atoms with Crippen LogP contribution in [0, 0.1) is 0 Å². The minimum absolute atomic E-state index is 1.49. The van der Waals surface area contributed by atoms with Crippen LogP contribution in [-0.4, -0.2) is 0 Å². The summed E-state index contributed by atoms with van der Waals surface area (Å²) >= 11 is 1.49. The van der Waals surface area contributed by atoms with Crippen LogP contribution in [0.4, 0.5) is 0 Å². The molecule has 0 heterocycles. The zero-order valence-corrected chi connectivity index (χ0v) is 5.11. The summed E-state index contributed by atoms with van der Waals surface area (Å²) in [6.07, 6.45) is 2.04. The van der Waals surface area contributed by atoms with Crippen LogP contribution >= 0.6 is 0 Å². The summed E-state index contributed by atoms with van der Waals surface area (Å²) in [5.74, 6) is 0. The Morgan fingerprint density at radius 3 is 2.00 bits per heavy atom. The fraction of sp³-hybridized carbons (Fsp3) is 0.333. The van der Waals surface area contributed by atoms with Gasteiger partial charge in [0.15, 0.2) is 0 Å². The average Bonchev–Trinajstić information content (AvgIpc) is 1.37. The van der Waals surface area contributed by atoms with Crippen LogP contribution in [0.15, 0.2) is 9.86 Å². The molecule has 0 atom stereocenters. The van der Waals surface area contributed by atoms with Crippen molar-refractivity contribution < 1.29 is 24.7 Å². The van der Waals surface area contributed by atoms with E-state index in [2.05, 4.69) is 3.78 Å². The van der Waals surface area contributed by atoms with Gasteiger partial charge in [0.2, 0.25) is 0 Å². The second-order valence-corrected chi connectivity index (χ2v) is 1.32. The van der Waals surface area contributed by atoms with E-state index in [1.807, 2.05) is 13.0 Å². The van der Waals surface area contributed by atoms with Crippen LogP contribution in [0.25, 0.3) is 0 Å². The molecule has 0 spiro atoms. The van der Waals surface area contributed by atoms with Crippen LogP contribution in [0.2, 0.25) is 0 Å². The van der Waals surface area contributed by atoms with Crippen LogP contribution < -0.4 is 0 Å². The van der Waals surface area contributed by atoms with Gasteiger partial charge in [0.25, 0.3) is 0 Å². The molecule has 0 amide bonds. The first kappa shape index (κ1) is 4.62. The predicted octanol–water partition coefficient (Wildman–Crippen LogP) is 1.07. The molecule has 0 aromatic carbocycles. The van der Waals surface area contributed by atoms with Gasteiger partial charge in [-0.15, -0.1) is 0 Å². The third-order valence-electron chi connectivity index (χ3n) is 0.167. The van der Waals surface area contributed by atoms with E-state index in [1.165, 1.54) is 24.7 Å². The number of rotatable bonds is 0. The van der Waals surface area contributed by atoms with Crippen LogP contribution in [-0.2, 0) is 24.7 Å². The van der Waals surface area contributed by atoms with Gasteiger partial charge in [-0.2, -0.15) is 0 Å². The Morgan fingerprint density at radius 2 is 2.00 bits per heavy atom. The molecule has 0 aliphatic rings. The molecule has 0 unspecified atom stereocenters. The quantitative estimate of drug-likeness (QED) is 0.462. The number of hydrogen-bond donors (Lipinski definition) is 0. The molecule has 0 aliphatic heterocycles. The van der Waals surface area contributed by atoms with E-state index in [0.29, 0.717) is 0 Å². The Morgan fingerprint density at radius 1 is 1.75 bits per heavy atom. The van der Waals surface area contributed by atoms with Gasteiger partial charge in [0.1, 0.15) is 0 Å². The summed E-state index contributed by atoms with van der Waals surface area (Å²) < 4.78 is 2.09. The third kappa shape index (κ3) is 2.62. The molecule has 0 nitrogen and oxygen atoms in total. The summed E-state index contributed by atoms with van der Waals surface area (Å²) in [4.78, 5) is 0. The molecule has 0 aliphatic carbocycles. The molecule has 1 heteroatoms. The van der Waals surface area contributed by atoms with Gasteiger partial charge in [-0.3, -0.25) is 0 Å². The molecule has 0 aromatic rings. The summed E-state index contributed by atoms with van der Waals surface area (Å²) in [6.45, 7) is 2.02. The first-order valence-electron chi connectivity index (χ1n) is 1.20. The van der Waals surface area contributed by atoms with Crippen LogP contribution in [0.1, 0.15) is 6.92 Å². The second-order valence-electron chi connectivity index (χ2n) is 0.500. The predicted molar refractivity (Wildman–Crippen MR) is 14.8 cm³/mol. The number of allylic oxidation sites excluding steroid dienone is 1. The normalized spacial score (nSPS) is 9.00. The maximum absolute atomic E-state index is 2.09. The van der Waals surface area contributed by atoms with Crippen molar-refractivity contribution in [3.63, 3.8) is 0 Å². The fourth-order valence-electron chi connectivity index (χ4n) is 0. The first-order chi connectivity index (χ1) is 1.91. The summed E-state index contributed by atoms with van der Waals surface area (Å²) in [5.41, 5.74) is 0. The van der Waals surface area contributed by atoms with Crippen molar-refractivity contribution in [2.45, 2.75) is 6.92 Å².